The van der Waals surface area contributed by atoms with E-state index in [4.69, 9.17) is 9.47 Å². The van der Waals surface area contributed by atoms with Crippen LogP contribution in [-0.2, 0) is 9.53 Å². The lowest BCUT2D eigenvalue weighted by Crippen LogP contribution is -2.42. The number of aromatic carboxylic acids is 1. The fourth-order valence-electron chi connectivity index (χ4n) is 1.89. The Labute approximate surface area is 104 Å². The molecule has 1 saturated heterocycles. The molecule has 1 N–H and O–H groups in total. The largest absolute Gasteiger partial charge is 0.495 e. The highest BCUT2D eigenvalue weighted by atomic mass is 16.5. The molecule has 6 heteroatoms. The summed E-state index contributed by atoms with van der Waals surface area (Å²) in [5.41, 5.74) is 0.338. The van der Waals surface area contributed by atoms with E-state index in [0.717, 1.165) is 0 Å². The Kier molecular flexibility index (Phi) is 3.47. The highest BCUT2D eigenvalue weighted by Gasteiger charge is 2.27. The Balaban J connectivity index is 2.52. The van der Waals surface area contributed by atoms with Crippen LogP contribution in [0, 0.1) is 0 Å². The third kappa shape index (κ3) is 2.14. The van der Waals surface area contributed by atoms with Crippen LogP contribution in [0.3, 0.4) is 0 Å². The Hall–Kier alpha value is -2.08. The first kappa shape index (κ1) is 12.4. The van der Waals surface area contributed by atoms with Crippen molar-refractivity contribution in [1.82, 2.24) is 0 Å². The minimum absolute atomic E-state index is 0.0445. The second kappa shape index (κ2) is 5.05. The Morgan fingerprint density at radius 2 is 2.28 bits per heavy atom. The van der Waals surface area contributed by atoms with Crippen molar-refractivity contribution in [3.63, 3.8) is 0 Å². The van der Waals surface area contributed by atoms with Crippen LogP contribution in [0.5, 0.6) is 5.75 Å². The molecule has 6 nitrogen and oxygen atoms in total. The number of carboxylic acid groups (broad SMARTS) is 1. The molecule has 18 heavy (non-hydrogen) atoms. The SMILES string of the molecule is COc1cccc(C(=O)O)c1N1CCOCC1=O. The summed E-state index contributed by atoms with van der Waals surface area (Å²) in [5, 5.41) is 9.18. The number of para-hydroxylation sites is 1. The predicted octanol–water partition coefficient (Wildman–Crippen LogP) is 0.757. The molecule has 1 aliphatic rings. The molecule has 2 rings (SSSR count). The van der Waals surface area contributed by atoms with E-state index < -0.39 is 5.97 Å². The summed E-state index contributed by atoms with van der Waals surface area (Å²) in [6, 6.07) is 4.66. The van der Waals surface area contributed by atoms with Crippen LogP contribution in [0.2, 0.25) is 0 Å². The maximum Gasteiger partial charge on any atom is 0.337 e. The lowest BCUT2D eigenvalue weighted by molar-refractivity contribution is -0.125. The number of carboxylic acids is 1. The van der Waals surface area contributed by atoms with E-state index in [0.29, 0.717) is 24.6 Å². The van der Waals surface area contributed by atoms with Crippen LogP contribution in [-0.4, -0.2) is 43.9 Å². The van der Waals surface area contributed by atoms with Gasteiger partial charge in [-0.05, 0) is 12.1 Å². The molecular formula is C12H13NO5. The lowest BCUT2D eigenvalue weighted by Gasteiger charge is -2.29. The molecular weight excluding hydrogens is 238 g/mol. The van der Waals surface area contributed by atoms with Crippen molar-refractivity contribution in [2.45, 2.75) is 0 Å². The third-order valence-corrected chi connectivity index (χ3v) is 2.71. The molecule has 0 unspecified atom stereocenters. The van der Waals surface area contributed by atoms with Crippen LogP contribution >= 0.6 is 0 Å². The number of carbonyl (C=O) groups is 2. The number of anilines is 1. The molecule has 1 amide bonds. The van der Waals surface area contributed by atoms with Crippen molar-refractivity contribution in [3.05, 3.63) is 23.8 Å². The van der Waals surface area contributed by atoms with Crippen molar-refractivity contribution < 1.29 is 24.2 Å². The molecule has 0 bridgehead atoms. The summed E-state index contributed by atoms with van der Waals surface area (Å²) in [6.45, 7) is 0.652. The van der Waals surface area contributed by atoms with E-state index in [1.54, 1.807) is 12.1 Å². The molecule has 0 radical (unpaired) electrons. The Bertz CT molecular complexity index is 485. The molecule has 1 aromatic carbocycles. The third-order valence-electron chi connectivity index (χ3n) is 2.71. The number of benzene rings is 1. The number of rotatable bonds is 3. The molecule has 1 aliphatic heterocycles. The zero-order chi connectivity index (χ0) is 13.1. The molecule has 0 saturated carbocycles. The molecule has 0 aliphatic carbocycles. The average Bonchev–Trinajstić information content (AvgIpc) is 2.38. The molecule has 0 spiro atoms. The minimum atomic E-state index is -1.09. The van der Waals surface area contributed by atoms with Gasteiger partial charge in [0.05, 0.1) is 19.3 Å². The van der Waals surface area contributed by atoms with Gasteiger partial charge < -0.3 is 19.5 Å². The number of hydrogen-bond donors (Lipinski definition) is 1. The second-order valence-corrected chi connectivity index (χ2v) is 3.76. The monoisotopic (exact) mass is 251 g/mol. The van der Waals surface area contributed by atoms with E-state index in [2.05, 4.69) is 0 Å². The molecule has 0 aromatic heterocycles. The van der Waals surface area contributed by atoms with Crippen molar-refractivity contribution in [3.8, 4) is 5.75 Å². The van der Waals surface area contributed by atoms with Crippen molar-refractivity contribution >= 4 is 17.6 Å². The zero-order valence-corrected chi connectivity index (χ0v) is 9.88. The Morgan fingerprint density at radius 1 is 1.50 bits per heavy atom. The second-order valence-electron chi connectivity index (χ2n) is 3.76. The minimum Gasteiger partial charge on any atom is -0.495 e. The first-order chi connectivity index (χ1) is 8.65. The fraction of sp³-hybridized carbons (Fsp3) is 0.333. The number of hydrogen-bond acceptors (Lipinski definition) is 4. The standard InChI is InChI=1S/C12H13NO5/c1-17-9-4-2-3-8(12(15)16)11(9)13-5-6-18-7-10(13)14/h2-4H,5-7H2,1H3,(H,15,16). The number of methoxy groups -OCH3 is 1. The van der Waals surface area contributed by atoms with Gasteiger partial charge >= 0.3 is 5.97 Å². The van der Waals surface area contributed by atoms with Gasteiger partial charge in [0, 0.05) is 6.54 Å². The first-order valence-corrected chi connectivity index (χ1v) is 5.43. The summed E-state index contributed by atoms with van der Waals surface area (Å²) >= 11 is 0. The van der Waals surface area contributed by atoms with Gasteiger partial charge in [0.25, 0.3) is 5.91 Å². The summed E-state index contributed by atoms with van der Waals surface area (Å²) in [5.74, 6) is -0.999. The highest BCUT2D eigenvalue weighted by molar-refractivity contribution is 6.04. The number of morpholine rings is 1. The summed E-state index contributed by atoms with van der Waals surface area (Å²) in [4.78, 5) is 24.4. The molecule has 1 fully saturated rings. The molecule has 1 aromatic rings. The van der Waals surface area contributed by atoms with Crippen molar-refractivity contribution in [1.29, 1.82) is 0 Å². The van der Waals surface area contributed by atoms with Gasteiger partial charge in [-0.3, -0.25) is 4.79 Å². The number of nitrogens with zero attached hydrogens (tertiary/aromatic N) is 1. The number of ether oxygens (including phenoxy) is 2. The maximum absolute atomic E-state index is 11.8. The van der Waals surface area contributed by atoms with Gasteiger partial charge in [-0.2, -0.15) is 0 Å². The molecule has 96 valence electrons. The van der Waals surface area contributed by atoms with E-state index in [1.165, 1.54) is 18.1 Å². The lowest BCUT2D eigenvalue weighted by atomic mass is 10.1. The average molecular weight is 251 g/mol. The normalized spacial score (nSPS) is 15.6. The van der Waals surface area contributed by atoms with Gasteiger partial charge in [-0.15, -0.1) is 0 Å². The van der Waals surface area contributed by atoms with E-state index in [9.17, 15) is 14.7 Å². The van der Waals surface area contributed by atoms with Gasteiger partial charge in [-0.25, -0.2) is 4.79 Å². The van der Waals surface area contributed by atoms with Crippen LogP contribution in [0.25, 0.3) is 0 Å². The smallest absolute Gasteiger partial charge is 0.337 e. The Morgan fingerprint density at radius 3 is 2.89 bits per heavy atom. The van der Waals surface area contributed by atoms with Crippen LogP contribution in [0.4, 0.5) is 5.69 Å². The van der Waals surface area contributed by atoms with Crippen molar-refractivity contribution in [2.75, 3.05) is 31.8 Å². The van der Waals surface area contributed by atoms with Crippen LogP contribution in [0.15, 0.2) is 18.2 Å². The van der Waals surface area contributed by atoms with Crippen LogP contribution in [0.1, 0.15) is 10.4 Å². The van der Waals surface area contributed by atoms with E-state index in [-0.39, 0.29) is 18.1 Å². The quantitative estimate of drug-likeness (QED) is 0.858. The van der Waals surface area contributed by atoms with E-state index in [1.807, 2.05) is 0 Å². The highest BCUT2D eigenvalue weighted by Crippen LogP contribution is 2.33. The predicted molar refractivity (Wildman–Crippen MR) is 63.1 cm³/mol. The number of amides is 1. The van der Waals surface area contributed by atoms with Crippen LogP contribution < -0.4 is 9.64 Å². The summed E-state index contributed by atoms with van der Waals surface area (Å²) in [6.07, 6.45) is 0. The molecule has 0 atom stereocenters. The summed E-state index contributed by atoms with van der Waals surface area (Å²) < 4.78 is 10.2. The topological polar surface area (TPSA) is 76.1 Å². The van der Waals surface area contributed by atoms with Gasteiger partial charge in [0.1, 0.15) is 18.0 Å². The van der Waals surface area contributed by atoms with Crippen molar-refractivity contribution in [2.24, 2.45) is 0 Å². The first-order valence-electron chi connectivity index (χ1n) is 5.43. The summed E-state index contributed by atoms with van der Waals surface area (Å²) in [7, 11) is 1.44. The van der Waals surface area contributed by atoms with Gasteiger partial charge in [0.2, 0.25) is 0 Å². The van der Waals surface area contributed by atoms with Gasteiger partial charge in [-0.1, -0.05) is 6.07 Å². The maximum atomic E-state index is 11.8. The number of carbonyl (C=O) groups excluding carboxylic acids is 1. The van der Waals surface area contributed by atoms with E-state index >= 15 is 0 Å². The molecule has 1 heterocycles. The zero-order valence-electron chi connectivity index (χ0n) is 9.88. The van der Waals surface area contributed by atoms with Gasteiger partial charge in [0.15, 0.2) is 0 Å². The fourth-order valence-corrected chi connectivity index (χ4v) is 1.89.